The summed E-state index contributed by atoms with van der Waals surface area (Å²) in [6.45, 7) is 9.42. The highest BCUT2D eigenvalue weighted by Crippen LogP contribution is 2.38. The number of carbonyl (C=O) groups is 5. The highest BCUT2D eigenvalue weighted by molar-refractivity contribution is 6.12. The Morgan fingerprint density at radius 3 is 2.24 bits per heavy atom. The lowest BCUT2D eigenvalue weighted by molar-refractivity contribution is -0.175. The smallest absolute Gasteiger partial charge is 0.359 e. The van der Waals surface area contributed by atoms with Gasteiger partial charge in [-0.25, -0.2) is 9.59 Å². The number of hydrogen-bond donors (Lipinski definition) is 1. The van der Waals surface area contributed by atoms with Crippen molar-refractivity contribution in [2.24, 2.45) is 0 Å². The first-order chi connectivity index (χ1) is 24.2. The van der Waals surface area contributed by atoms with E-state index in [2.05, 4.69) is 38.2 Å². The number of fused-ring (bicyclic) bond motifs is 1. The van der Waals surface area contributed by atoms with Crippen LogP contribution in [0, 0.1) is 6.92 Å². The molecule has 0 fully saturated rings. The van der Waals surface area contributed by atoms with E-state index in [-0.39, 0.29) is 40.8 Å². The Labute approximate surface area is 297 Å². The number of benzene rings is 4. The fraction of sp³-hybridized carbons (Fsp3) is 0.293. The second kappa shape index (κ2) is 14.6. The summed E-state index contributed by atoms with van der Waals surface area (Å²) in [5, 5.41) is 2.92. The molecule has 264 valence electrons. The van der Waals surface area contributed by atoms with Gasteiger partial charge in [0.2, 0.25) is 0 Å². The number of anilines is 1. The quantitative estimate of drug-likeness (QED) is 0.145. The fourth-order valence-electron chi connectivity index (χ4n) is 6.04. The van der Waals surface area contributed by atoms with Crippen LogP contribution in [0.3, 0.4) is 0 Å². The van der Waals surface area contributed by atoms with Crippen molar-refractivity contribution in [2.75, 3.05) is 32.6 Å². The van der Waals surface area contributed by atoms with Gasteiger partial charge in [0.15, 0.2) is 0 Å². The van der Waals surface area contributed by atoms with E-state index in [9.17, 15) is 24.0 Å². The Bertz CT molecular complexity index is 2010. The lowest BCUT2D eigenvalue weighted by atomic mass is 9.85. The molecule has 10 nitrogen and oxygen atoms in total. The zero-order valence-electron chi connectivity index (χ0n) is 29.9. The standard InChI is InChI=1S/C41H42N2O8/c1-8-49-39(48)41(32-15-10-9-13-29(32)38(47)51-41)24-50-34(44)23-26-16-21-33(31(22-26)37(46)43(6)7)42-36(45)30-14-11-12-25(2)35(30)27-17-19-28(20-18-27)40(3,4)5/h9-22H,8,23-24H2,1-7H3,(H,42,45). The molecule has 2 amide bonds. The average molecular weight is 691 g/mol. The van der Waals surface area contributed by atoms with E-state index >= 15 is 0 Å². The van der Waals surface area contributed by atoms with Crippen molar-refractivity contribution in [1.82, 2.24) is 4.90 Å². The molecule has 1 unspecified atom stereocenters. The molecule has 4 aromatic carbocycles. The lowest BCUT2D eigenvalue weighted by Gasteiger charge is -2.26. The van der Waals surface area contributed by atoms with E-state index in [0.717, 1.165) is 16.7 Å². The Kier molecular flexibility index (Phi) is 10.5. The molecule has 0 radical (unpaired) electrons. The van der Waals surface area contributed by atoms with E-state index in [1.807, 2.05) is 31.2 Å². The molecule has 1 aliphatic rings. The van der Waals surface area contributed by atoms with Gasteiger partial charge in [-0.05, 0) is 71.3 Å². The summed E-state index contributed by atoms with van der Waals surface area (Å²) < 4.78 is 16.2. The lowest BCUT2D eigenvalue weighted by Crippen LogP contribution is -2.43. The second-order valence-corrected chi connectivity index (χ2v) is 13.7. The summed E-state index contributed by atoms with van der Waals surface area (Å²) in [6, 6.07) is 24.7. The zero-order valence-corrected chi connectivity index (χ0v) is 29.9. The molecule has 1 atom stereocenters. The van der Waals surface area contributed by atoms with Crippen molar-refractivity contribution in [1.29, 1.82) is 0 Å². The third-order valence-corrected chi connectivity index (χ3v) is 8.76. The number of hydrogen-bond acceptors (Lipinski definition) is 8. The molecular weight excluding hydrogens is 648 g/mol. The number of nitrogens with one attached hydrogen (secondary N) is 1. The van der Waals surface area contributed by atoms with Gasteiger partial charge in [-0.3, -0.25) is 14.4 Å². The fourth-order valence-corrected chi connectivity index (χ4v) is 6.04. The van der Waals surface area contributed by atoms with Gasteiger partial charge in [0.05, 0.1) is 29.8 Å². The highest BCUT2D eigenvalue weighted by atomic mass is 16.6. The summed E-state index contributed by atoms with van der Waals surface area (Å²) in [6.07, 6.45) is -0.275. The second-order valence-electron chi connectivity index (χ2n) is 13.7. The molecular formula is C41H42N2O8. The van der Waals surface area contributed by atoms with Crippen LogP contribution in [0.15, 0.2) is 84.9 Å². The van der Waals surface area contributed by atoms with Crippen LogP contribution in [-0.4, -0.2) is 61.9 Å². The topological polar surface area (TPSA) is 128 Å². The van der Waals surface area contributed by atoms with E-state index in [1.165, 1.54) is 22.6 Å². The normalized spacial score (nSPS) is 15.0. The van der Waals surface area contributed by atoms with Crippen LogP contribution in [0.2, 0.25) is 0 Å². The van der Waals surface area contributed by atoms with Crippen molar-refractivity contribution in [3.05, 3.63) is 124 Å². The Morgan fingerprint density at radius 1 is 0.863 bits per heavy atom. The van der Waals surface area contributed by atoms with Gasteiger partial charge in [-0.15, -0.1) is 0 Å². The van der Waals surface area contributed by atoms with Crippen molar-refractivity contribution >= 4 is 35.4 Å². The minimum Gasteiger partial charge on any atom is -0.463 e. The van der Waals surface area contributed by atoms with E-state index in [4.69, 9.17) is 14.2 Å². The monoisotopic (exact) mass is 690 g/mol. The number of esters is 3. The molecule has 1 heterocycles. The summed E-state index contributed by atoms with van der Waals surface area (Å²) >= 11 is 0. The van der Waals surface area contributed by atoms with Crippen LogP contribution < -0.4 is 5.32 Å². The zero-order chi connectivity index (χ0) is 37.1. The van der Waals surface area contributed by atoms with Gasteiger partial charge in [0, 0.05) is 25.2 Å². The molecule has 10 heteroatoms. The highest BCUT2D eigenvalue weighted by Gasteiger charge is 2.54. The van der Waals surface area contributed by atoms with Crippen molar-refractivity contribution in [2.45, 2.75) is 52.1 Å². The van der Waals surface area contributed by atoms with Gasteiger partial charge in [-0.1, -0.05) is 81.4 Å². The Balaban J connectivity index is 1.38. The number of cyclic esters (lactones) is 1. The van der Waals surface area contributed by atoms with Crippen LogP contribution in [0.5, 0.6) is 0 Å². The summed E-state index contributed by atoms with van der Waals surface area (Å²) in [7, 11) is 3.18. The minimum atomic E-state index is -1.94. The van der Waals surface area contributed by atoms with Crippen LogP contribution >= 0.6 is 0 Å². The molecule has 0 saturated heterocycles. The number of amides is 2. The minimum absolute atomic E-state index is 0.0232. The van der Waals surface area contributed by atoms with Crippen LogP contribution in [0.1, 0.15) is 81.0 Å². The Hall–Kier alpha value is -5.77. The predicted molar refractivity (Wildman–Crippen MR) is 193 cm³/mol. The maximum Gasteiger partial charge on any atom is 0.359 e. The van der Waals surface area contributed by atoms with Crippen molar-refractivity contribution in [3.8, 4) is 11.1 Å². The van der Waals surface area contributed by atoms with Gasteiger partial charge in [0.25, 0.3) is 17.4 Å². The molecule has 1 N–H and O–H groups in total. The first kappa shape index (κ1) is 36.5. The predicted octanol–water partition coefficient (Wildman–Crippen LogP) is 6.63. The molecule has 1 aliphatic heterocycles. The molecule has 0 aliphatic carbocycles. The third-order valence-electron chi connectivity index (χ3n) is 8.76. The largest absolute Gasteiger partial charge is 0.463 e. The van der Waals surface area contributed by atoms with Crippen LogP contribution in [0.4, 0.5) is 5.69 Å². The molecule has 5 rings (SSSR count). The number of ether oxygens (including phenoxy) is 3. The van der Waals surface area contributed by atoms with Gasteiger partial charge < -0.3 is 24.4 Å². The summed E-state index contributed by atoms with van der Waals surface area (Å²) in [4.78, 5) is 67.4. The van der Waals surface area contributed by atoms with E-state index in [1.54, 1.807) is 57.4 Å². The molecule has 0 spiro atoms. The van der Waals surface area contributed by atoms with E-state index < -0.39 is 41.9 Å². The SMILES string of the molecule is CCOC(=O)C1(COC(=O)Cc2ccc(NC(=O)c3cccc(C)c3-c3ccc(C(C)(C)C)cc3)c(C(=O)N(C)C)c2)OC(=O)c2ccccc21. The Morgan fingerprint density at radius 2 is 1.57 bits per heavy atom. The van der Waals surface area contributed by atoms with Crippen molar-refractivity contribution < 1.29 is 38.2 Å². The summed E-state index contributed by atoms with van der Waals surface area (Å²) in [5.74, 6) is -3.10. The average Bonchev–Trinajstić information content (AvgIpc) is 3.39. The van der Waals surface area contributed by atoms with Gasteiger partial charge in [0.1, 0.15) is 6.61 Å². The van der Waals surface area contributed by atoms with Crippen LogP contribution in [-0.2, 0) is 41.2 Å². The number of nitrogens with zero attached hydrogens (tertiary/aromatic N) is 1. The van der Waals surface area contributed by atoms with Gasteiger partial charge >= 0.3 is 17.9 Å². The first-order valence-corrected chi connectivity index (χ1v) is 16.7. The molecule has 4 aromatic rings. The number of carbonyl (C=O) groups excluding carboxylic acids is 5. The maximum absolute atomic E-state index is 13.9. The number of rotatable bonds is 10. The van der Waals surface area contributed by atoms with Crippen molar-refractivity contribution in [3.63, 3.8) is 0 Å². The maximum atomic E-state index is 13.9. The molecule has 0 bridgehead atoms. The molecule has 0 saturated carbocycles. The van der Waals surface area contributed by atoms with E-state index in [0.29, 0.717) is 11.1 Å². The first-order valence-electron chi connectivity index (χ1n) is 16.7. The number of aryl methyl sites for hydroxylation is 1. The molecule has 51 heavy (non-hydrogen) atoms. The summed E-state index contributed by atoms with van der Waals surface area (Å²) in [5.41, 5.74) is 3.54. The van der Waals surface area contributed by atoms with Crippen LogP contribution in [0.25, 0.3) is 11.1 Å². The third kappa shape index (κ3) is 7.55. The van der Waals surface area contributed by atoms with Gasteiger partial charge in [-0.2, -0.15) is 0 Å². The molecule has 0 aromatic heterocycles.